The Morgan fingerprint density at radius 3 is 2.71 bits per heavy atom. The van der Waals surface area contributed by atoms with Crippen LogP contribution >= 0.6 is 11.3 Å². The number of aromatic nitrogens is 2. The predicted molar refractivity (Wildman–Crippen MR) is 114 cm³/mol. The zero-order valence-corrected chi connectivity index (χ0v) is 17.7. The van der Waals surface area contributed by atoms with E-state index in [9.17, 15) is 4.79 Å². The van der Waals surface area contributed by atoms with Crippen molar-refractivity contribution in [2.45, 2.75) is 64.7 Å². The lowest BCUT2D eigenvalue weighted by Gasteiger charge is -2.36. The van der Waals surface area contributed by atoms with Gasteiger partial charge in [-0.15, -0.1) is 11.3 Å². The molecule has 150 valence electrons. The van der Waals surface area contributed by atoms with E-state index in [4.69, 9.17) is 4.98 Å². The molecule has 1 aliphatic heterocycles. The summed E-state index contributed by atoms with van der Waals surface area (Å²) in [6.45, 7) is 5.81. The number of carbonyl (C=O) groups is 1. The van der Waals surface area contributed by atoms with E-state index in [0.29, 0.717) is 11.8 Å². The number of piperidine rings is 1. The second kappa shape index (κ2) is 8.60. The van der Waals surface area contributed by atoms with Crippen molar-refractivity contribution in [3.05, 3.63) is 34.6 Å². The van der Waals surface area contributed by atoms with Crippen molar-refractivity contribution in [1.29, 1.82) is 0 Å². The summed E-state index contributed by atoms with van der Waals surface area (Å²) < 4.78 is 0. The second-order valence-corrected chi connectivity index (χ2v) is 9.52. The van der Waals surface area contributed by atoms with E-state index in [1.54, 1.807) is 11.3 Å². The summed E-state index contributed by atoms with van der Waals surface area (Å²) in [5.41, 5.74) is 3.13. The summed E-state index contributed by atoms with van der Waals surface area (Å²) in [6, 6.07) is 4.21. The van der Waals surface area contributed by atoms with Crippen molar-refractivity contribution >= 4 is 28.1 Å². The normalized spacial score (nSPS) is 20.9. The van der Waals surface area contributed by atoms with E-state index in [0.717, 1.165) is 61.0 Å². The molecule has 0 spiro atoms. The highest BCUT2D eigenvalue weighted by Gasteiger charge is 2.30. The third-order valence-corrected chi connectivity index (χ3v) is 6.78. The summed E-state index contributed by atoms with van der Waals surface area (Å²) in [5.74, 6) is 0.955. The molecule has 4 rings (SSSR count). The molecule has 1 N–H and O–H groups in total. The van der Waals surface area contributed by atoms with Gasteiger partial charge in [0.15, 0.2) is 5.13 Å². The Labute approximate surface area is 171 Å². The van der Waals surface area contributed by atoms with Gasteiger partial charge in [0.1, 0.15) is 0 Å². The van der Waals surface area contributed by atoms with Crippen molar-refractivity contribution in [3.63, 3.8) is 0 Å². The van der Waals surface area contributed by atoms with Crippen molar-refractivity contribution in [1.82, 2.24) is 14.9 Å². The van der Waals surface area contributed by atoms with Crippen LogP contribution in [0.2, 0.25) is 0 Å². The molecular formula is C22H30N4OS. The average molecular weight is 399 g/mol. The second-order valence-electron chi connectivity index (χ2n) is 8.28. The van der Waals surface area contributed by atoms with E-state index in [1.165, 1.54) is 24.1 Å². The first-order valence-corrected chi connectivity index (χ1v) is 11.4. The van der Waals surface area contributed by atoms with Crippen LogP contribution in [0.3, 0.4) is 0 Å². The molecule has 2 fully saturated rings. The van der Waals surface area contributed by atoms with Gasteiger partial charge < -0.3 is 10.2 Å². The summed E-state index contributed by atoms with van der Waals surface area (Å²) in [5, 5.41) is 4.33. The number of nitrogens with one attached hydrogen (secondary N) is 1. The van der Waals surface area contributed by atoms with Gasteiger partial charge in [0.05, 0.1) is 0 Å². The third-order valence-electron chi connectivity index (χ3n) is 5.95. The van der Waals surface area contributed by atoms with Crippen LogP contribution < -0.4 is 5.32 Å². The maximum absolute atomic E-state index is 13.0. The predicted octanol–water partition coefficient (Wildman–Crippen LogP) is 5.18. The van der Waals surface area contributed by atoms with Gasteiger partial charge in [-0.1, -0.05) is 19.3 Å². The maximum atomic E-state index is 13.0. The first-order valence-electron chi connectivity index (χ1n) is 10.6. The number of nitrogens with zero attached hydrogens (tertiary/aromatic N) is 3. The zero-order valence-electron chi connectivity index (χ0n) is 16.9. The number of hydrogen-bond acceptors (Lipinski definition) is 5. The molecule has 0 bridgehead atoms. The third kappa shape index (κ3) is 4.54. The van der Waals surface area contributed by atoms with Crippen molar-refractivity contribution in [3.8, 4) is 0 Å². The number of anilines is 2. The van der Waals surface area contributed by atoms with Gasteiger partial charge >= 0.3 is 0 Å². The highest BCUT2D eigenvalue weighted by molar-refractivity contribution is 7.15. The fourth-order valence-corrected chi connectivity index (χ4v) is 5.22. The van der Waals surface area contributed by atoms with Crippen LogP contribution in [0.1, 0.15) is 67.1 Å². The number of aryl methyl sites for hydroxylation is 2. The van der Waals surface area contributed by atoms with E-state index in [-0.39, 0.29) is 5.92 Å². The van der Waals surface area contributed by atoms with Crippen molar-refractivity contribution in [2.75, 3.05) is 18.4 Å². The minimum absolute atomic E-state index is 0.253. The summed E-state index contributed by atoms with van der Waals surface area (Å²) in [7, 11) is 0. The first-order chi connectivity index (χ1) is 13.6. The van der Waals surface area contributed by atoms with Crippen molar-refractivity contribution < 1.29 is 4.79 Å². The fourth-order valence-electron chi connectivity index (χ4n) is 4.54. The summed E-state index contributed by atoms with van der Waals surface area (Å²) in [4.78, 5) is 25.5. The van der Waals surface area contributed by atoms with Gasteiger partial charge in [-0.3, -0.25) is 9.78 Å². The lowest BCUT2D eigenvalue weighted by Crippen LogP contribution is -2.43. The Bertz CT molecular complexity index is 828. The van der Waals surface area contributed by atoms with E-state index < -0.39 is 0 Å². The summed E-state index contributed by atoms with van der Waals surface area (Å²) in [6.07, 6.45) is 9.89. The molecule has 1 saturated carbocycles. The number of pyridine rings is 1. The fraction of sp³-hybridized carbons (Fsp3) is 0.591. The lowest BCUT2D eigenvalue weighted by atomic mass is 9.86. The topological polar surface area (TPSA) is 58.1 Å². The minimum atomic E-state index is 0.253. The van der Waals surface area contributed by atoms with Crippen LogP contribution in [0.15, 0.2) is 18.3 Å². The van der Waals surface area contributed by atoms with Crippen LogP contribution in [-0.4, -0.2) is 33.9 Å². The molecule has 0 aromatic carbocycles. The molecule has 1 atom stereocenters. The van der Waals surface area contributed by atoms with Crippen LogP contribution in [0.4, 0.5) is 10.8 Å². The van der Waals surface area contributed by atoms with Gasteiger partial charge in [-0.25, -0.2) is 4.98 Å². The number of likely N-dealkylation sites (tertiary alicyclic amines) is 1. The average Bonchev–Trinajstić information content (AvgIpc) is 3.12. The molecular weight excluding hydrogens is 368 g/mol. The Kier molecular flexibility index (Phi) is 5.95. The van der Waals surface area contributed by atoms with Crippen molar-refractivity contribution in [2.24, 2.45) is 5.92 Å². The number of thiazole rings is 1. The highest BCUT2D eigenvalue weighted by Crippen LogP contribution is 2.32. The maximum Gasteiger partial charge on any atom is 0.225 e. The minimum Gasteiger partial charge on any atom is -0.342 e. The van der Waals surface area contributed by atoms with Crippen LogP contribution in [0.5, 0.6) is 0 Å². The van der Waals surface area contributed by atoms with E-state index >= 15 is 0 Å². The molecule has 1 saturated heterocycles. The number of rotatable bonds is 4. The highest BCUT2D eigenvalue weighted by atomic mass is 32.1. The molecule has 5 nitrogen and oxygen atoms in total. The Morgan fingerprint density at radius 2 is 1.96 bits per heavy atom. The van der Waals surface area contributed by atoms with Crippen LogP contribution in [-0.2, 0) is 4.79 Å². The van der Waals surface area contributed by atoms with E-state index in [1.807, 2.05) is 13.1 Å². The molecule has 28 heavy (non-hydrogen) atoms. The first kappa shape index (κ1) is 19.4. The SMILES string of the molecule is Cc1cc(Nc2ncc(C)s2)cc([C@@H]2CCCN(C(=O)C3CCCCC3)C2)n1. The van der Waals surface area contributed by atoms with Crippen LogP contribution in [0, 0.1) is 19.8 Å². The Morgan fingerprint density at radius 1 is 1.14 bits per heavy atom. The van der Waals surface area contributed by atoms with E-state index in [2.05, 4.69) is 34.3 Å². The molecule has 0 radical (unpaired) electrons. The van der Waals surface area contributed by atoms with Gasteiger partial charge in [0.25, 0.3) is 0 Å². The molecule has 2 aliphatic rings. The molecule has 1 aliphatic carbocycles. The molecule has 3 heterocycles. The standard InChI is InChI=1S/C22H30N4OS/c1-15-11-19(25-22-23-13-16(2)28-22)12-20(24-15)18-9-6-10-26(14-18)21(27)17-7-4-3-5-8-17/h11-13,17-18H,3-10,14H2,1-2H3,(H,23,24,25)/t18-/m1/s1. The summed E-state index contributed by atoms with van der Waals surface area (Å²) >= 11 is 1.65. The van der Waals surface area contributed by atoms with Gasteiger partial charge in [0, 0.05) is 53.1 Å². The van der Waals surface area contributed by atoms with Gasteiger partial charge in [-0.2, -0.15) is 0 Å². The molecule has 0 unspecified atom stereocenters. The largest absolute Gasteiger partial charge is 0.342 e. The van der Waals surface area contributed by atoms with Gasteiger partial charge in [-0.05, 0) is 51.7 Å². The molecule has 1 amide bonds. The molecule has 2 aromatic rings. The Balaban J connectivity index is 1.47. The number of amides is 1. The smallest absolute Gasteiger partial charge is 0.225 e. The number of carbonyl (C=O) groups excluding carboxylic acids is 1. The van der Waals surface area contributed by atoms with Crippen LogP contribution in [0.25, 0.3) is 0 Å². The Hall–Kier alpha value is -1.95. The molecule has 6 heteroatoms. The molecule has 2 aromatic heterocycles. The quantitative estimate of drug-likeness (QED) is 0.770. The zero-order chi connectivity index (χ0) is 19.5. The monoisotopic (exact) mass is 398 g/mol. The van der Waals surface area contributed by atoms with Gasteiger partial charge in [0.2, 0.25) is 5.91 Å². The lowest BCUT2D eigenvalue weighted by molar-refractivity contribution is -0.137. The number of hydrogen-bond donors (Lipinski definition) is 1.